The SMILES string of the molecule is CC(C)(C(=O)N1CCCC(N)C1)c1ccc(F)cc1.Cl. The lowest BCUT2D eigenvalue weighted by atomic mass is 9.82. The van der Waals surface area contributed by atoms with Crippen LogP contribution in [0.1, 0.15) is 32.3 Å². The lowest BCUT2D eigenvalue weighted by Crippen LogP contribution is -2.51. The number of nitrogens with two attached hydrogens (primary N) is 1. The summed E-state index contributed by atoms with van der Waals surface area (Å²) in [6, 6.07) is 6.22. The predicted molar refractivity (Wildman–Crippen MR) is 80.5 cm³/mol. The molecule has 0 saturated carbocycles. The van der Waals surface area contributed by atoms with Crippen LogP contribution in [0, 0.1) is 5.82 Å². The van der Waals surface area contributed by atoms with E-state index in [1.807, 2.05) is 18.7 Å². The average molecular weight is 301 g/mol. The maximum Gasteiger partial charge on any atom is 0.232 e. The average Bonchev–Trinajstić information content (AvgIpc) is 2.38. The molecule has 2 N–H and O–H groups in total. The van der Waals surface area contributed by atoms with E-state index in [9.17, 15) is 9.18 Å². The third-order valence-corrected chi connectivity index (χ3v) is 3.85. The highest BCUT2D eigenvalue weighted by Gasteiger charge is 2.35. The molecule has 0 spiro atoms. The first-order valence-electron chi connectivity index (χ1n) is 6.72. The molecule has 1 unspecified atom stereocenters. The number of amides is 1. The smallest absolute Gasteiger partial charge is 0.232 e. The standard InChI is InChI=1S/C15H21FN2O.ClH/c1-15(2,11-5-7-12(16)8-6-11)14(19)18-9-3-4-13(17)10-18;/h5-8,13H,3-4,9-10,17H2,1-2H3;1H. The van der Waals surface area contributed by atoms with Crippen molar-refractivity contribution >= 4 is 18.3 Å². The molecule has 5 heteroatoms. The third-order valence-electron chi connectivity index (χ3n) is 3.85. The Balaban J connectivity index is 0.00000200. The molecule has 112 valence electrons. The first-order valence-corrected chi connectivity index (χ1v) is 6.72. The molecule has 2 rings (SSSR count). The number of benzene rings is 1. The number of hydrogen-bond acceptors (Lipinski definition) is 2. The zero-order valence-corrected chi connectivity index (χ0v) is 12.8. The predicted octanol–water partition coefficient (Wildman–Crippen LogP) is 2.47. The van der Waals surface area contributed by atoms with Gasteiger partial charge in [0.1, 0.15) is 5.82 Å². The molecule has 1 aliphatic rings. The van der Waals surface area contributed by atoms with Crippen molar-refractivity contribution in [1.82, 2.24) is 4.90 Å². The molecule has 1 amide bonds. The van der Waals surface area contributed by atoms with E-state index in [-0.39, 0.29) is 30.2 Å². The van der Waals surface area contributed by atoms with Crippen LogP contribution in [0.3, 0.4) is 0 Å². The van der Waals surface area contributed by atoms with Crippen molar-refractivity contribution in [2.75, 3.05) is 13.1 Å². The summed E-state index contributed by atoms with van der Waals surface area (Å²) in [7, 11) is 0. The van der Waals surface area contributed by atoms with Gasteiger partial charge in [0.2, 0.25) is 5.91 Å². The molecule has 3 nitrogen and oxygen atoms in total. The van der Waals surface area contributed by atoms with Crippen LogP contribution >= 0.6 is 12.4 Å². The van der Waals surface area contributed by atoms with Gasteiger partial charge in [0, 0.05) is 19.1 Å². The van der Waals surface area contributed by atoms with Gasteiger partial charge in [-0.15, -0.1) is 12.4 Å². The number of piperidine rings is 1. The first kappa shape index (κ1) is 16.9. The second-order valence-corrected chi connectivity index (χ2v) is 5.79. The fourth-order valence-electron chi connectivity index (χ4n) is 2.58. The number of hydrogen-bond donors (Lipinski definition) is 1. The van der Waals surface area contributed by atoms with Gasteiger partial charge in [-0.25, -0.2) is 4.39 Å². The third kappa shape index (κ3) is 3.49. The number of nitrogens with zero attached hydrogens (tertiary/aromatic N) is 1. The number of halogens is 2. The number of likely N-dealkylation sites (tertiary alicyclic amines) is 1. The molecule has 1 aliphatic heterocycles. The summed E-state index contributed by atoms with van der Waals surface area (Å²) >= 11 is 0. The van der Waals surface area contributed by atoms with Gasteiger partial charge in [-0.1, -0.05) is 12.1 Å². The topological polar surface area (TPSA) is 46.3 Å². The lowest BCUT2D eigenvalue weighted by molar-refractivity contribution is -0.137. The quantitative estimate of drug-likeness (QED) is 0.912. The van der Waals surface area contributed by atoms with Gasteiger partial charge in [-0.2, -0.15) is 0 Å². The van der Waals surface area contributed by atoms with Crippen LogP contribution < -0.4 is 5.73 Å². The summed E-state index contributed by atoms with van der Waals surface area (Å²) in [5.74, 6) is -0.221. The molecule has 1 saturated heterocycles. The van der Waals surface area contributed by atoms with Crippen molar-refractivity contribution in [2.24, 2.45) is 5.73 Å². The van der Waals surface area contributed by atoms with Gasteiger partial charge in [0.25, 0.3) is 0 Å². The van der Waals surface area contributed by atoms with E-state index < -0.39 is 5.41 Å². The van der Waals surface area contributed by atoms with Crippen molar-refractivity contribution in [3.8, 4) is 0 Å². The van der Waals surface area contributed by atoms with E-state index in [4.69, 9.17) is 5.73 Å². The Morgan fingerprint density at radius 1 is 1.35 bits per heavy atom. The summed E-state index contributed by atoms with van der Waals surface area (Å²) < 4.78 is 13.0. The molecular formula is C15H22ClFN2O. The second kappa shape index (κ2) is 6.55. The Bertz CT molecular complexity index is 461. The summed E-state index contributed by atoms with van der Waals surface area (Å²) in [6.07, 6.45) is 1.92. The molecule has 1 fully saturated rings. The lowest BCUT2D eigenvalue weighted by Gasteiger charge is -2.36. The summed E-state index contributed by atoms with van der Waals surface area (Å²) in [5.41, 5.74) is 6.10. The van der Waals surface area contributed by atoms with Crippen LogP contribution in [0.5, 0.6) is 0 Å². The van der Waals surface area contributed by atoms with Gasteiger partial charge in [-0.05, 0) is 44.4 Å². The Morgan fingerprint density at radius 3 is 2.50 bits per heavy atom. The monoisotopic (exact) mass is 300 g/mol. The van der Waals surface area contributed by atoms with Crippen molar-refractivity contribution < 1.29 is 9.18 Å². The number of rotatable bonds is 2. The van der Waals surface area contributed by atoms with Crippen molar-refractivity contribution in [3.63, 3.8) is 0 Å². The van der Waals surface area contributed by atoms with Crippen LogP contribution in [-0.2, 0) is 10.2 Å². The Kier molecular flexibility index (Phi) is 5.54. The summed E-state index contributed by atoms with van der Waals surface area (Å²) in [6.45, 7) is 5.13. The van der Waals surface area contributed by atoms with Crippen molar-refractivity contribution in [2.45, 2.75) is 38.1 Å². The van der Waals surface area contributed by atoms with Crippen LogP contribution in [0.4, 0.5) is 4.39 Å². The molecule has 1 heterocycles. The normalized spacial score (nSPS) is 19.4. The Hall–Kier alpha value is -1.13. The molecular weight excluding hydrogens is 279 g/mol. The van der Waals surface area contributed by atoms with Gasteiger partial charge in [0.15, 0.2) is 0 Å². The molecule has 0 aromatic heterocycles. The maximum absolute atomic E-state index is 13.0. The van der Waals surface area contributed by atoms with E-state index in [1.54, 1.807) is 12.1 Å². The molecule has 20 heavy (non-hydrogen) atoms. The minimum atomic E-state index is -0.648. The van der Waals surface area contributed by atoms with E-state index in [0.717, 1.165) is 24.9 Å². The van der Waals surface area contributed by atoms with Crippen LogP contribution in [0.25, 0.3) is 0 Å². The molecule has 0 aliphatic carbocycles. The van der Waals surface area contributed by atoms with Gasteiger partial charge >= 0.3 is 0 Å². The summed E-state index contributed by atoms with van der Waals surface area (Å²) in [4.78, 5) is 14.5. The van der Waals surface area contributed by atoms with E-state index in [2.05, 4.69) is 0 Å². The highest BCUT2D eigenvalue weighted by atomic mass is 35.5. The minimum Gasteiger partial charge on any atom is -0.340 e. The zero-order chi connectivity index (χ0) is 14.0. The first-order chi connectivity index (χ1) is 8.91. The van der Waals surface area contributed by atoms with Gasteiger partial charge in [0.05, 0.1) is 5.41 Å². The largest absolute Gasteiger partial charge is 0.340 e. The molecule has 1 aromatic rings. The van der Waals surface area contributed by atoms with E-state index in [1.165, 1.54) is 12.1 Å². The number of carbonyl (C=O) groups excluding carboxylic acids is 1. The van der Waals surface area contributed by atoms with Gasteiger partial charge in [-0.3, -0.25) is 4.79 Å². The van der Waals surface area contributed by atoms with E-state index >= 15 is 0 Å². The minimum absolute atomic E-state index is 0. The zero-order valence-electron chi connectivity index (χ0n) is 11.9. The highest BCUT2D eigenvalue weighted by molar-refractivity contribution is 5.87. The highest BCUT2D eigenvalue weighted by Crippen LogP contribution is 2.27. The number of carbonyl (C=O) groups is 1. The van der Waals surface area contributed by atoms with Crippen LogP contribution in [0.15, 0.2) is 24.3 Å². The fourth-order valence-corrected chi connectivity index (χ4v) is 2.58. The van der Waals surface area contributed by atoms with Crippen molar-refractivity contribution in [3.05, 3.63) is 35.6 Å². The molecule has 1 atom stereocenters. The Labute approximate surface area is 125 Å². The Morgan fingerprint density at radius 2 is 1.95 bits per heavy atom. The summed E-state index contributed by atoms with van der Waals surface area (Å²) in [5, 5.41) is 0. The maximum atomic E-state index is 13.0. The van der Waals surface area contributed by atoms with Crippen LogP contribution in [-0.4, -0.2) is 29.9 Å². The molecule has 0 bridgehead atoms. The van der Waals surface area contributed by atoms with Crippen molar-refractivity contribution in [1.29, 1.82) is 0 Å². The van der Waals surface area contributed by atoms with E-state index in [0.29, 0.717) is 6.54 Å². The van der Waals surface area contributed by atoms with Crippen LogP contribution in [0.2, 0.25) is 0 Å². The van der Waals surface area contributed by atoms with Gasteiger partial charge < -0.3 is 10.6 Å². The molecule has 0 radical (unpaired) electrons. The molecule has 1 aromatic carbocycles. The fraction of sp³-hybridized carbons (Fsp3) is 0.533. The second-order valence-electron chi connectivity index (χ2n) is 5.79.